The van der Waals surface area contributed by atoms with Crippen LogP contribution in [0.4, 0.5) is 0 Å². The van der Waals surface area contributed by atoms with Gasteiger partial charge in [0.2, 0.25) is 0 Å². The lowest BCUT2D eigenvalue weighted by Gasteiger charge is -2.05. The summed E-state index contributed by atoms with van der Waals surface area (Å²) < 4.78 is 10.3. The number of carbonyl (C=O) groups excluding carboxylic acids is 1. The molecule has 104 valence electrons. The summed E-state index contributed by atoms with van der Waals surface area (Å²) in [6, 6.07) is 15.0. The highest BCUT2D eigenvalue weighted by molar-refractivity contribution is 5.96. The van der Waals surface area contributed by atoms with Crippen molar-refractivity contribution in [2.45, 2.75) is 12.8 Å². The Balaban J connectivity index is 1.97. The van der Waals surface area contributed by atoms with Gasteiger partial charge < -0.3 is 9.47 Å². The Kier molecular flexibility index (Phi) is 4.77. The number of methoxy groups -OCH3 is 2. The van der Waals surface area contributed by atoms with Crippen LogP contribution in [0.3, 0.4) is 0 Å². The number of benzene rings is 2. The van der Waals surface area contributed by atoms with Gasteiger partial charge in [-0.1, -0.05) is 12.1 Å². The molecule has 0 bridgehead atoms. The summed E-state index contributed by atoms with van der Waals surface area (Å²) in [4.78, 5) is 12.1. The summed E-state index contributed by atoms with van der Waals surface area (Å²) in [5.74, 6) is 1.71. The van der Waals surface area contributed by atoms with Crippen LogP contribution in [0, 0.1) is 0 Å². The zero-order valence-electron chi connectivity index (χ0n) is 11.8. The summed E-state index contributed by atoms with van der Waals surface area (Å²) >= 11 is 0. The molecule has 2 aromatic carbocycles. The topological polar surface area (TPSA) is 35.5 Å². The predicted molar refractivity (Wildman–Crippen MR) is 78.6 cm³/mol. The second-order valence-corrected chi connectivity index (χ2v) is 4.50. The molecule has 3 nitrogen and oxygen atoms in total. The molecule has 0 fully saturated rings. The zero-order chi connectivity index (χ0) is 14.4. The molecule has 0 aliphatic heterocycles. The van der Waals surface area contributed by atoms with Gasteiger partial charge in [-0.2, -0.15) is 0 Å². The standard InChI is InChI=1S/C17H18O3/c1-19-15-9-7-14(8-10-15)17(18)11-6-13-4-3-5-16(12-13)20-2/h3-5,7-10,12H,6,11H2,1-2H3. The highest BCUT2D eigenvalue weighted by atomic mass is 16.5. The molecule has 0 saturated carbocycles. The molecule has 2 rings (SSSR count). The Morgan fingerprint density at radius 1 is 0.950 bits per heavy atom. The molecule has 0 unspecified atom stereocenters. The molecule has 0 aliphatic carbocycles. The second kappa shape index (κ2) is 6.75. The summed E-state index contributed by atoms with van der Waals surface area (Å²) in [7, 11) is 3.25. The highest BCUT2D eigenvalue weighted by Crippen LogP contribution is 2.16. The molecule has 20 heavy (non-hydrogen) atoms. The molecule has 0 amide bonds. The number of aryl methyl sites for hydroxylation is 1. The fourth-order valence-corrected chi connectivity index (χ4v) is 2.01. The summed E-state index contributed by atoms with van der Waals surface area (Å²) in [6.45, 7) is 0. The zero-order valence-corrected chi connectivity index (χ0v) is 11.8. The lowest BCUT2D eigenvalue weighted by Crippen LogP contribution is -2.01. The van der Waals surface area contributed by atoms with Gasteiger partial charge in [0.05, 0.1) is 14.2 Å². The van der Waals surface area contributed by atoms with Crippen LogP contribution >= 0.6 is 0 Å². The molecular weight excluding hydrogens is 252 g/mol. The second-order valence-electron chi connectivity index (χ2n) is 4.50. The lowest BCUT2D eigenvalue weighted by atomic mass is 10.0. The van der Waals surface area contributed by atoms with Gasteiger partial charge in [0.25, 0.3) is 0 Å². The van der Waals surface area contributed by atoms with Crippen LogP contribution < -0.4 is 9.47 Å². The number of ether oxygens (including phenoxy) is 2. The molecule has 0 atom stereocenters. The average molecular weight is 270 g/mol. The van der Waals surface area contributed by atoms with E-state index < -0.39 is 0 Å². The summed E-state index contributed by atoms with van der Waals surface area (Å²) in [5.41, 5.74) is 1.82. The van der Waals surface area contributed by atoms with E-state index in [-0.39, 0.29) is 5.78 Å². The van der Waals surface area contributed by atoms with Crippen molar-refractivity contribution in [1.82, 2.24) is 0 Å². The van der Waals surface area contributed by atoms with E-state index in [9.17, 15) is 4.79 Å². The van der Waals surface area contributed by atoms with Crippen molar-refractivity contribution >= 4 is 5.78 Å². The number of carbonyl (C=O) groups is 1. The molecule has 0 aromatic heterocycles. The van der Waals surface area contributed by atoms with Crippen LogP contribution in [-0.2, 0) is 6.42 Å². The first kappa shape index (κ1) is 14.1. The van der Waals surface area contributed by atoms with Gasteiger partial charge >= 0.3 is 0 Å². The number of hydrogen-bond acceptors (Lipinski definition) is 3. The monoisotopic (exact) mass is 270 g/mol. The first-order chi connectivity index (χ1) is 9.72. The lowest BCUT2D eigenvalue weighted by molar-refractivity contribution is 0.0983. The predicted octanol–water partition coefficient (Wildman–Crippen LogP) is 3.52. The fourth-order valence-electron chi connectivity index (χ4n) is 2.01. The van der Waals surface area contributed by atoms with Crippen molar-refractivity contribution in [3.05, 3.63) is 59.7 Å². The van der Waals surface area contributed by atoms with Crippen molar-refractivity contribution in [3.63, 3.8) is 0 Å². The number of rotatable bonds is 6. The molecule has 0 radical (unpaired) electrons. The third-order valence-corrected chi connectivity index (χ3v) is 3.19. The van der Waals surface area contributed by atoms with Crippen LogP contribution in [0.2, 0.25) is 0 Å². The van der Waals surface area contributed by atoms with E-state index in [2.05, 4.69) is 0 Å². The van der Waals surface area contributed by atoms with E-state index in [0.29, 0.717) is 18.4 Å². The Morgan fingerprint density at radius 3 is 2.30 bits per heavy atom. The Labute approximate surface area is 119 Å². The third kappa shape index (κ3) is 3.60. The van der Waals surface area contributed by atoms with E-state index in [1.807, 2.05) is 24.3 Å². The average Bonchev–Trinajstić information content (AvgIpc) is 2.53. The molecule has 0 spiro atoms. The van der Waals surface area contributed by atoms with Crippen LogP contribution in [-0.4, -0.2) is 20.0 Å². The quantitative estimate of drug-likeness (QED) is 0.753. The van der Waals surface area contributed by atoms with Gasteiger partial charge in [-0.25, -0.2) is 0 Å². The number of Topliss-reactive ketones (excluding diaryl/α,β-unsaturated/α-hetero) is 1. The first-order valence-electron chi connectivity index (χ1n) is 6.53. The van der Waals surface area contributed by atoms with Crippen molar-refractivity contribution < 1.29 is 14.3 Å². The van der Waals surface area contributed by atoms with Gasteiger partial charge in [-0.15, -0.1) is 0 Å². The van der Waals surface area contributed by atoms with E-state index in [1.165, 1.54) is 0 Å². The third-order valence-electron chi connectivity index (χ3n) is 3.19. The summed E-state index contributed by atoms with van der Waals surface area (Å²) in [6.07, 6.45) is 1.20. The minimum atomic E-state index is 0.135. The van der Waals surface area contributed by atoms with Gasteiger partial charge in [-0.3, -0.25) is 4.79 Å². The Bertz CT molecular complexity index is 573. The largest absolute Gasteiger partial charge is 0.497 e. The molecule has 3 heteroatoms. The highest BCUT2D eigenvalue weighted by Gasteiger charge is 2.06. The van der Waals surface area contributed by atoms with Crippen molar-refractivity contribution in [2.75, 3.05) is 14.2 Å². The Morgan fingerprint density at radius 2 is 1.65 bits per heavy atom. The van der Waals surface area contributed by atoms with Gasteiger partial charge in [-0.05, 0) is 48.4 Å². The number of ketones is 1. The van der Waals surface area contributed by atoms with E-state index in [0.717, 1.165) is 17.1 Å². The number of hydrogen-bond donors (Lipinski definition) is 0. The molecule has 2 aromatic rings. The van der Waals surface area contributed by atoms with E-state index >= 15 is 0 Å². The van der Waals surface area contributed by atoms with Crippen LogP contribution in [0.15, 0.2) is 48.5 Å². The van der Waals surface area contributed by atoms with Crippen molar-refractivity contribution in [2.24, 2.45) is 0 Å². The van der Waals surface area contributed by atoms with Gasteiger partial charge in [0.1, 0.15) is 11.5 Å². The normalized spacial score (nSPS) is 10.1. The van der Waals surface area contributed by atoms with Crippen LogP contribution in [0.25, 0.3) is 0 Å². The molecule has 0 aliphatic rings. The van der Waals surface area contributed by atoms with Crippen molar-refractivity contribution in [1.29, 1.82) is 0 Å². The molecule has 0 saturated heterocycles. The molecular formula is C17H18O3. The Hall–Kier alpha value is -2.29. The minimum Gasteiger partial charge on any atom is -0.497 e. The first-order valence-corrected chi connectivity index (χ1v) is 6.53. The van der Waals surface area contributed by atoms with Crippen molar-refractivity contribution in [3.8, 4) is 11.5 Å². The molecule has 0 N–H and O–H groups in total. The maximum absolute atomic E-state index is 12.1. The SMILES string of the molecule is COc1ccc(C(=O)CCc2cccc(OC)c2)cc1. The minimum absolute atomic E-state index is 0.135. The summed E-state index contributed by atoms with van der Waals surface area (Å²) in [5, 5.41) is 0. The smallest absolute Gasteiger partial charge is 0.163 e. The van der Waals surface area contributed by atoms with Crippen LogP contribution in [0.1, 0.15) is 22.3 Å². The van der Waals surface area contributed by atoms with Crippen LogP contribution in [0.5, 0.6) is 11.5 Å². The van der Waals surface area contributed by atoms with E-state index in [4.69, 9.17) is 9.47 Å². The fraction of sp³-hybridized carbons (Fsp3) is 0.235. The van der Waals surface area contributed by atoms with E-state index in [1.54, 1.807) is 38.5 Å². The van der Waals surface area contributed by atoms with Gasteiger partial charge in [0.15, 0.2) is 5.78 Å². The van der Waals surface area contributed by atoms with Gasteiger partial charge in [0, 0.05) is 12.0 Å². The maximum Gasteiger partial charge on any atom is 0.163 e. The maximum atomic E-state index is 12.1. The molecule has 0 heterocycles.